The Morgan fingerprint density at radius 2 is 2.00 bits per heavy atom. The lowest BCUT2D eigenvalue weighted by molar-refractivity contribution is -0.128. The number of nitrogens with one attached hydrogen (secondary N) is 1. The molecule has 3 rings (SSSR count). The van der Waals surface area contributed by atoms with E-state index in [-0.39, 0.29) is 17.9 Å². The molecule has 0 bridgehead atoms. The van der Waals surface area contributed by atoms with E-state index in [1.54, 1.807) is 0 Å². The third kappa shape index (κ3) is 2.89. The van der Waals surface area contributed by atoms with Crippen LogP contribution in [0.25, 0.3) is 10.8 Å². The average molecular weight is 282 g/mol. The van der Waals surface area contributed by atoms with Crippen LogP contribution in [0, 0.1) is 0 Å². The number of hydrogen-bond acceptors (Lipinski definition) is 2. The highest BCUT2D eigenvalue weighted by atomic mass is 16.2. The lowest BCUT2D eigenvalue weighted by Gasteiger charge is -2.18. The SMILES string of the molecule is CC(=O)N[C@@H]1CC(=O)N(Cc2cccc3ccccc23)C1. The summed E-state index contributed by atoms with van der Waals surface area (Å²) in [5, 5.41) is 5.18. The van der Waals surface area contributed by atoms with Crippen molar-refractivity contribution in [3.8, 4) is 0 Å². The summed E-state index contributed by atoms with van der Waals surface area (Å²) >= 11 is 0. The van der Waals surface area contributed by atoms with E-state index in [1.165, 1.54) is 17.7 Å². The van der Waals surface area contributed by atoms with Crippen LogP contribution < -0.4 is 5.32 Å². The number of carbonyl (C=O) groups is 2. The highest BCUT2D eigenvalue weighted by Crippen LogP contribution is 2.22. The summed E-state index contributed by atoms with van der Waals surface area (Å²) in [5.41, 5.74) is 1.14. The third-order valence-corrected chi connectivity index (χ3v) is 3.86. The number of carbonyl (C=O) groups excluding carboxylic acids is 2. The quantitative estimate of drug-likeness (QED) is 0.937. The lowest BCUT2D eigenvalue weighted by Crippen LogP contribution is -2.35. The van der Waals surface area contributed by atoms with Crippen LogP contribution in [0.3, 0.4) is 0 Å². The van der Waals surface area contributed by atoms with E-state index in [0.29, 0.717) is 19.5 Å². The van der Waals surface area contributed by atoms with Crippen LogP contribution in [-0.2, 0) is 16.1 Å². The fourth-order valence-electron chi connectivity index (χ4n) is 2.95. The van der Waals surface area contributed by atoms with Gasteiger partial charge in [0.25, 0.3) is 0 Å². The van der Waals surface area contributed by atoms with Crippen LogP contribution in [0.15, 0.2) is 42.5 Å². The molecule has 108 valence electrons. The summed E-state index contributed by atoms with van der Waals surface area (Å²) in [6.07, 6.45) is 0.393. The van der Waals surface area contributed by atoms with Crippen LogP contribution in [0.1, 0.15) is 18.9 Å². The van der Waals surface area contributed by atoms with Gasteiger partial charge in [0, 0.05) is 26.4 Å². The Morgan fingerprint density at radius 3 is 2.81 bits per heavy atom. The molecule has 1 fully saturated rings. The number of amides is 2. The van der Waals surface area contributed by atoms with Crippen molar-refractivity contribution in [3.05, 3.63) is 48.0 Å². The van der Waals surface area contributed by atoms with Crippen molar-refractivity contribution < 1.29 is 9.59 Å². The summed E-state index contributed by atoms with van der Waals surface area (Å²) in [7, 11) is 0. The molecule has 2 aromatic carbocycles. The average Bonchev–Trinajstić information content (AvgIpc) is 2.78. The van der Waals surface area contributed by atoms with Gasteiger partial charge in [-0.05, 0) is 16.3 Å². The van der Waals surface area contributed by atoms with Crippen molar-refractivity contribution in [3.63, 3.8) is 0 Å². The van der Waals surface area contributed by atoms with Crippen LogP contribution in [-0.4, -0.2) is 29.3 Å². The second-order valence-corrected chi connectivity index (χ2v) is 5.51. The molecular formula is C17H18N2O2. The van der Waals surface area contributed by atoms with Crippen molar-refractivity contribution in [2.45, 2.75) is 25.9 Å². The molecule has 21 heavy (non-hydrogen) atoms. The minimum Gasteiger partial charge on any atom is -0.351 e. The summed E-state index contributed by atoms with van der Waals surface area (Å²) in [5.74, 6) is 0.0153. The van der Waals surface area contributed by atoms with Crippen molar-refractivity contribution in [1.82, 2.24) is 10.2 Å². The topological polar surface area (TPSA) is 49.4 Å². The Morgan fingerprint density at radius 1 is 1.24 bits per heavy atom. The normalized spacial score (nSPS) is 18.2. The molecule has 0 saturated carbocycles. The van der Waals surface area contributed by atoms with Crippen molar-refractivity contribution in [2.24, 2.45) is 0 Å². The monoisotopic (exact) mass is 282 g/mol. The van der Waals surface area contributed by atoms with Gasteiger partial charge < -0.3 is 10.2 Å². The first kappa shape index (κ1) is 13.6. The minimum absolute atomic E-state index is 0.0648. The second kappa shape index (κ2) is 5.56. The smallest absolute Gasteiger partial charge is 0.225 e. The second-order valence-electron chi connectivity index (χ2n) is 5.51. The number of benzene rings is 2. The summed E-state index contributed by atoms with van der Waals surface area (Å²) in [4.78, 5) is 25.0. The van der Waals surface area contributed by atoms with Gasteiger partial charge in [-0.1, -0.05) is 42.5 Å². The van der Waals surface area contributed by atoms with Crippen molar-refractivity contribution in [1.29, 1.82) is 0 Å². The van der Waals surface area contributed by atoms with Gasteiger partial charge in [0.15, 0.2) is 0 Å². The molecule has 2 amide bonds. The summed E-state index contributed by atoms with van der Waals surface area (Å²) in [6, 6.07) is 14.3. The van der Waals surface area contributed by atoms with E-state index in [2.05, 4.69) is 29.6 Å². The molecule has 1 aliphatic heterocycles. The van der Waals surface area contributed by atoms with Crippen LogP contribution in [0.4, 0.5) is 0 Å². The maximum Gasteiger partial charge on any atom is 0.225 e. The van der Waals surface area contributed by atoms with Crippen molar-refractivity contribution in [2.75, 3.05) is 6.54 Å². The molecule has 1 saturated heterocycles. The Hall–Kier alpha value is -2.36. The van der Waals surface area contributed by atoms with Crippen molar-refractivity contribution >= 4 is 22.6 Å². The molecule has 1 aliphatic rings. The zero-order valence-corrected chi connectivity index (χ0v) is 12.0. The zero-order chi connectivity index (χ0) is 14.8. The van der Waals surface area contributed by atoms with E-state index < -0.39 is 0 Å². The van der Waals surface area contributed by atoms with E-state index in [0.717, 1.165) is 5.56 Å². The molecule has 0 unspecified atom stereocenters. The van der Waals surface area contributed by atoms with Crippen LogP contribution >= 0.6 is 0 Å². The van der Waals surface area contributed by atoms with E-state index in [1.807, 2.05) is 23.1 Å². The summed E-state index contributed by atoms with van der Waals surface area (Å²) in [6.45, 7) is 2.66. The highest BCUT2D eigenvalue weighted by Gasteiger charge is 2.30. The predicted molar refractivity (Wildman–Crippen MR) is 81.6 cm³/mol. The molecule has 0 radical (unpaired) electrons. The van der Waals surface area contributed by atoms with Gasteiger partial charge in [0.05, 0.1) is 6.04 Å². The maximum absolute atomic E-state index is 12.1. The molecule has 4 nitrogen and oxygen atoms in total. The molecular weight excluding hydrogens is 264 g/mol. The highest BCUT2D eigenvalue weighted by molar-refractivity contribution is 5.86. The van der Waals surface area contributed by atoms with Gasteiger partial charge in [-0.2, -0.15) is 0 Å². The predicted octanol–water partition coefficient (Wildman–Crippen LogP) is 2.08. The molecule has 0 spiro atoms. The number of nitrogens with zero attached hydrogens (tertiary/aromatic N) is 1. The van der Waals surface area contributed by atoms with E-state index >= 15 is 0 Å². The Balaban J connectivity index is 1.79. The van der Waals surface area contributed by atoms with Gasteiger partial charge in [-0.3, -0.25) is 9.59 Å². The number of fused-ring (bicyclic) bond motifs is 1. The lowest BCUT2D eigenvalue weighted by atomic mass is 10.0. The van der Waals surface area contributed by atoms with Gasteiger partial charge in [0.1, 0.15) is 0 Å². The Labute approximate surface area is 123 Å². The number of hydrogen-bond donors (Lipinski definition) is 1. The van der Waals surface area contributed by atoms with E-state index in [4.69, 9.17) is 0 Å². The molecule has 1 N–H and O–H groups in total. The number of likely N-dealkylation sites (tertiary alicyclic amines) is 1. The van der Waals surface area contributed by atoms with Gasteiger partial charge in [0.2, 0.25) is 11.8 Å². The third-order valence-electron chi connectivity index (χ3n) is 3.86. The molecule has 2 aromatic rings. The molecule has 4 heteroatoms. The molecule has 0 aromatic heterocycles. The zero-order valence-electron chi connectivity index (χ0n) is 12.0. The fourth-order valence-corrected chi connectivity index (χ4v) is 2.95. The van der Waals surface area contributed by atoms with Gasteiger partial charge in [-0.15, -0.1) is 0 Å². The van der Waals surface area contributed by atoms with Gasteiger partial charge >= 0.3 is 0 Å². The van der Waals surface area contributed by atoms with Gasteiger partial charge in [-0.25, -0.2) is 0 Å². The molecule has 0 aliphatic carbocycles. The minimum atomic E-state index is -0.0835. The Kier molecular flexibility index (Phi) is 3.60. The summed E-state index contributed by atoms with van der Waals surface area (Å²) < 4.78 is 0. The molecule has 1 atom stereocenters. The number of rotatable bonds is 3. The first-order valence-electron chi connectivity index (χ1n) is 7.15. The standard InChI is InChI=1S/C17H18N2O2/c1-12(20)18-15-9-17(21)19(11-15)10-14-7-4-6-13-5-2-3-8-16(13)14/h2-8,15H,9-11H2,1H3,(H,18,20)/t15-/m1/s1. The maximum atomic E-state index is 12.1. The first-order chi connectivity index (χ1) is 10.1. The molecule has 1 heterocycles. The Bertz CT molecular complexity index is 691. The largest absolute Gasteiger partial charge is 0.351 e. The first-order valence-corrected chi connectivity index (χ1v) is 7.15. The van der Waals surface area contributed by atoms with Crippen LogP contribution in [0.2, 0.25) is 0 Å². The van der Waals surface area contributed by atoms with E-state index in [9.17, 15) is 9.59 Å². The van der Waals surface area contributed by atoms with Crippen LogP contribution in [0.5, 0.6) is 0 Å². The fraction of sp³-hybridized carbons (Fsp3) is 0.294.